The molecule has 0 fully saturated rings. The number of hydrogen-bond donors (Lipinski definition) is 2. The van der Waals surface area contributed by atoms with Crippen LogP contribution in [0.2, 0.25) is 5.02 Å². The number of fused-ring (bicyclic) bond motifs is 1. The first-order chi connectivity index (χ1) is 14.5. The zero-order valence-corrected chi connectivity index (χ0v) is 18.2. The number of amides is 1. The summed E-state index contributed by atoms with van der Waals surface area (Å²) in [6.45, 7) is 0. The van der Waals surface area contributed by atoms with E-state index < -0.39 is 5.91 Å². The summed E-state index contributed by atoms with van der Waals surface area (Å²) in [6, 6.07) is 19.2. The average molecular weight is 454 g/mol. The van der Waals surface area contributed by atoms with E-state index in [0.29, 0.717) is 21.5 Å². The van der Waals surface area contributed by atoms with E-state index in [1.807, 2.05) is 23.6 Å². The monoisotopic (exact) mass is 453 g/mol. The van der Waals surface area contributed by atoms with Crippen molar-refractivity contribution in [3.8, 4) is 17.0 Å². The summed E-state index contributed by atoms with van der Waals surface area (Å²) in [6.07, 6.45) is 0. The van der Waals surface area contributed by atoms with E-state index in [1.165, 1.54) is 29.9 Å². The third-order valence-electron chi connectivity index (χ3n) is 4.40. The van der Waals surface area contributed by atoms with Gasteiger partial charge in [-0.15, -0.1) is 11.3 Å². The molecule has 4 aromatic rings. The molecule has 150 valence electrons. The van der Waals surface area contributed by atoms with Gasteiger partial charge >= 0.3 is 0 Å². The number of aromatic nitrogens is 1. The highest BCUT2D eigenvalue weighted by molar-refractivity contribution is 7.80. The molecule has 0 spiro atoms. The Morgan fingerprint density at radius 3 is 2.70 bits per heavy atom. The second-order valence-corrected chi connectivity index (χ2v) is 8.06. The Morgan fingerprint density at radius 2 is 1.90 bits per heavy atom. The van der Waals surface area contributed by atoms with E-state index in [9.17, 15) is 4.79 Å². The van der Waals surface area contributed by atoms with Gasteiger partial charge in [-0.3, -0.25) is 10.1 Å². The zero-order valence-electron chi connectivity index (χ0n) is 15.8. The van der Waals surface area contributed by atoms with Gasteiger partial charge < -0.3 is 10.1 Å². The first-order valence-corrected chi connectivity index (χ1v) is 10.6. The average Bonchev–Trinajstić information content (AvgIpc) is 3.21. The van der Waals surface area contributed by atoms with Crippen LogP contribution in [0.15, 0.2) is 66.0 Å². The van der Waals surface area contributed by atoms with Crippen LogP contribution in [0.3, 0.4) is 0 Å². The Labute approximate surface area is 187 Å². The number of nitrogens with one attached hydrogen (secondary N) is 2. The van der Waals surface area contributed by atoms with Gasteiger partial charge in [0.15, 0.2) is 10.2 Å². The lowest BCUT2D eigenvalue weighted by atomic mass is 10.1. The van der Waals surface area contributed by atoms with Crippen molar-refractivity contribution in [2.45, 2.75) is 0 Å². The van der Waals surface area contributed by atoms with Crippen LogP contribution in [0, 0.1) is 0 Å². The van der Waals surface area contributed by atoms with Crippen LogP contribution in [-0.2, 0) is 0 Å². The number of carbonyl (C=O) groups excluding carboxylic acids is 1. The number of nitrogens with zero attached hydrogens (tertiary/aromatic N) is 1. The lowest BCUT2D eigenvalue weighted by Gasteiger charge is -2.10. The zero-order chi connectivity index (χ0) is 21.1. The number of methoxy groups -OCH3 is 1. The highest BCUT2D eigenvalue weighted by Crippen LogP contribution is 2.28. The number of anilines is 1. The van der Waals surface area contributed by atoms with E-state index in [1.54, 1.807) is 12.1 Å². The van der Waals surface area contributed by atoms with Crippen molar-refractivity contribution in [3.63, 3.8) is 0 Å². The predicted molar refractivity (Wildman–Crippen MR) is 127 cm³/mol. The molecule has 0 bridgehead atoms. The van der Waals surface area contributed by atoms with Crippen molar-refractivity contribution in [1.82, 2.24) is 10.3 Å². The Morgan fingerprint density at radius 1 is 1.10 bits per heavy atom. The number of hydrogen-bond acceptors (Lipinski definition) is 5. The molecular formula is C22H16ClN3O2S2. The number of rotatable bonds is 4. The molecule has 8 heteroatoms. The third-order valence-corrected chi connectivity index (χ3v) is 5.60. The van der Waals surface area contributed by atoms with Crippen molar-refractivity contribution in [2.75, 3.05) is 12.4 Å². The van der Waals surface area contributed by atoms with Gasteiger partial charge in [-0.05, 0) is 47.3 Å². The molecule has 0 aliphatic heterocycles. The van der Waals surface area contributed by atoms with Crippen LogP contribution in [-0.4, -0.2) is 23.1 Å². The number of benzene rings is 3. The quantitative estimate of drug-likeness (QED) is 0.385. The third kappa shape index (κ3) is 4.43. The molecule has 1 amide bonds. The van der Waals surface area contributed by atoms with Crippen molar-refractivity contribution in [1.29, 1.82) is 0 Å². The van der Waals surface area contributed by atoms with Crippen LogP contribution < -0.4 is 15.4 Å². The first kappa shape index (κ1) is 20.3. The van der Waals surface area contributed by atoms with Crippen molar-refractivity contribution in [3.05, 3.63) is 76.6 Å². The number of ether oxygens (including phenoxy) is 1. The summed E-state index contributed by atoms with van der Waals surface area (Å²) in [5.74, 6) is -0.00861. The van der Waals surface area contributed by atoms with Gasteiger partial charge in [0.05, 0.1) is 18.4 Å². The lowest BCUT2D eigenvalue weighted by Crippen LogP contribution is -2.34. The summed E-state index contributed by atoms with van der Waals surface area (Å²) in [5.41, 5.74) is 2.14. The molecule has 5 nitrogen and oxygen atoms in total. The minimum Gasteiger partial charge on any atom is -0.496 e. The second-order valence-electron chi connectivity index (χ2n) is 6.35. The first-order valence-electron chi connectivity index (χ1n) is 8.94. The van der Waals surface area contributed by atoms with Gasteiger partial charge in [0.1, 0.15) is 5.75 Å². The van der Waals surface area contributed by atoms with Gasteiger partial charge in [-0.2, -0.15) is 0 Å². The maximum atomic E-state index is 12.5. The van der Waals surface area contributed by atoms with Crippen LogP contribution in [0.1, 0.15) is 10.4 Å². The largest absolute Gasteiger partial charge is 0.496 e. The number of thiocarbonyl (C=S) groups is 1. The molecule has 1 heterocycles. The van der Waals surface area contributed by atoms with E-state index in [4.69, 9.17) is 28.6 Å². The van der Waals surface area contributed by atoms with Crippen molar-refractivity contribution in [2.24, 2.45) is 0 Å². The second kappa shape index (κ2) is 8.79. The summed E-state index contributed by atoms with van der Waals surface area (Å²) in [5, 5.41) is 11.0. The topological polar surface area (TPSA) is 63.2 Å². The van der Waals surface area contributed by atoms with E-state index in [-0.39, 0.29) is 5.11 Å². The molecule has 0 aliphatic carbocycles. The van der Waals surface area contributed by atoms with Crippen LogP contribution in [0.4, 0.5) is 5.13 Å². The highest BCUT2D eigenvalue weighted by Gasteiger charge is 2.15. The van der Waals surface area contributed by atoms with E-state index >= 15 is 0 Å². The summed E-state index contributed by atoms with van der Waals surface area (Å²) in [4.78, 5) is 17.1. The fourth-order valence-electron chi connectivity index (χ4n) is 2.97. The van der Waals surface area contributed by atoms with Crippen molar-refractivity contribution >= 4 is 62.1 Å². The maximum absolute atomic E-state index is 12.5. The normalized spacial score (nSPS) is 10.6. The molecule has 3 aromatic carbocycles. The van der Waals surface area contributed by atoms with Gasteiger partial charge in [0, 0.05) is 16.0 Å². The number of halogens is 1. The standard InChI is InChI=1S/C22H16ClN3O2S2/c1-28-19-9-8-16(23)11-17(19)20(27)25-21(29)26-22-24-18(12-30-22)15-7-6-13-4-2-3-5-14(13)10-15/h2-12H,1H3,(H2,24,25,26,27,29). The number of carbonyl (C=O) groups is 1. The minimum atomic E-state index is -0.418. The van der Waals surface area contributed by atoms with E-state index in [2.05, 4.69) is 39.9 Å². The highest BCUT2D eigenvalue weighted by atomic mass is 35.5. The Hall–Kier alpha value is -3.00. The molecule has 2 N–H and O–H groups in total. The summed E-state index contributed by atoms with van der Waals surface area (Å²) in [7, 11) is 1.49. The van der Waals surface area contributed by atoms with Gasteiger partial charge in [0.2, 0.25) is 0 Å². The Kier molecular flexibility index (Phi) is 5.94. The smallest absolute Gasteiger partial charge is 0.261 e. The molecule has 0 aliphatic rings. The fraction of sp³-hybridized carbons (Fsp3) is 0.0455. The molecule has 0 saturated heterocycles. The Balaban J connectivity index is 1.46. The molecule has 0 radical (unpaired) electrons. The lowest BCUT2D eigenvalue weighted by molar-refractivity contribution is 0.0975. The van der Waals surface area contributed by atoms with Gasteiger partial charge in [-0.25, -0.2) is 4.98 Å². The molecule has 0 saturated carbocycles. The van der Waals surface area contributed by atoms with Crippen molar-refractivity contribution < 1.29 is 9.53 Å². The molecule has 1 aromatic heterocycles. The molecular weight excluding hydrogens is 438 g/mol. The number of thiazole rings is 1. The molecule has 4 rings (SSSR count). The SMILES string of the molecule is COc1ccc(Cl)cc1C(=O)NC(=S)Nc1nc(-c2ccc3ccccc3c2)cs1. The van der Waals surface area contributed by atoms with Gasteiger partial charge in [-0.1, -0.05) is 48.0 Å². The fourth-order valence-corrected chi connectivity index (χ4v) is 4.12. The minimum absolute atomic E-state index is 0.140. The summed E-state index contributed by atoms with van der Waals surface area (Å²) >= 11 is 12.7. The summed E-state index contributed by atoms with van der Waals surface area (Å²) < 4.78 is 5.21. The molecule has 0 unspecified atom stereocenters. The van der Waals surface area contributed by atoms with Gasteiger partial charge in [0.25, 0.3) is 5.91 Å². The predicted octanol–water partition coefficient (Wildman–Crippen LogP) is 5.75. The van der Waals surface area contributed by atoms with E-state index in [0.717, 1.165) is 16.6 Å². The van der Waals surface area contributed by atoms with Crippen LogP contribution >= 0.6 is 35.2 Å². The maximum Gasteiger partial charge on any atom is 0.261 e. The van der Waals surface area contributed by atoms with Crippen LogP contribution in [0.25, 0.3) is 22.0 Å². The van der Waals surface area contributed by atoms with Crippen LogP contribution in [0.5, 0.6) is 5.75 Å². The molecule has 0 atom stereocenters. The Bertz CT molecular complexity index is 1260. The molecule has 30 heavy (non-hydrogen) atoms.